The zero-order valence-corrected chi connectivity index (χ0v) is 10.6. The second-order valence-corrected chi connectivity index (χ2v) is 4.84. The van der Waals surface area contributed by atoms with Gasteiger partial charge in [-0.25, -0.2) is 0 Å². The topological polar surface area (TPSA) is 9.23 Å². The van der Waals surface area contributed by atoms with Crippen LogP contribution in [0.1, 0.15) is 53.4 Å². The highest BCUT2D eigenvalue weighted by atomic mass is 16.5. The zero-order chi connectivity index (χ0) is 11.3. The van der Waals surface area contributed by atoms with Gasteiger partial charge in [-0.3, -0.25) is 0 Å². The first-order chi connectivity index (χ1) is 7.09. The Bertz CT molecular complexity index is 251. The van der Waals surface area contributed by atoms with Gasteiger partial charge in [0.25, 0.3) is 0 Å². The van der Waals surface area contributed by atoms with Crippen LogP contribution in [0.3, 0.4) is 0 Å². The summed E-state index contributed by atoms with van der Waals surface area (Å²) in [6.07, 6.45) is 7.51. The number of ether oxygens (including phenoxy) is 1. The summed E-state index contributed by atoms with van der Waals surface area (Å²) in [6, 6.07) is 0. The average molecular weight is 208 g/mol. The second-order valence-electron chi connectivity index (χ2n) is 4.84. The van der Waals surface area contributed by atoms with E-state index >= 15 is 0 Å². The maximum absolute atomic E-state index is 5.59. The van der Waals surface area contributed by atoms with Gasteiger partial charge in [0.05, 0.1) is 6.10 Å². The quantitative estimate of drug-likeness (QED) is 0.628. The van der Waals surface area contributed by atoms with Crippen LogP contribution < -0.4 is 0 Å². The van der Waals surface area contributed by atoms with Crippen molar-refractivity contribution >= 4 is 0 Å². The molecular weight excluding hydrogens is 184 g/mol. The van der Waals surface area contributed by atoms with Crippen LogP contribution >= 0.6 is 0 Å². The summed E-state index contributed by atoms with van der Waals surface area (Å²) in [5.41, 5.74) is 4.46. The molecule has 15 heavy (non-hydrogen) atoms. The maximum Gasteiger partial charge on any atom is 0.0759 e. The lowest BCUT2D eigenvalue weighted by Crippen LogP contribution is -2.00. The zero-order valence-electron chi connectivity index (χ0n) is 10.6. The molecule has 0 spiro atoms. The predicted molar refractivity (Wildman–Crippen MR) is 66.0 cm³/mol. The van der Waals surface area contributed by atoms with Crippen molar-refractivity contribution in [3.05, 3.63) is 22.8 Å². The molecule has 0 aromatic rings. The van der Waals surface area contributed by atoms with E-state index in [1.54, 1.807) is 0 Å². The molecule has 0 bridgehead atoms. The average Bonchev–Trinajstić information content (AvgIpc) is 2.66. The Hall–Kier alpha value is -0.560. The Morgan fingerprint density at radius 3 is 2.47 bits per heavy atom. The van der Waals surface area contributed by atoms with Gasteiger partial charge in [-0.1, -0.05) is 22.8 Å². The summed E-state index contributed by atoms with van der Waals surface area (Å²) in [7, 11) is 0. The third kappa shape index (κ3) is 4.65. The molecule has 0 amide bonds. The Kier molecular flexibility index (Phi) is 5.10. The van der Waals surface area contributed by atoms with Gasteiger partial charge >= 0.3 is 0 Å². The van der Waals surface area contributed by atoms with E-state index in [0.717, 1.165) is 6.61 Å². The van der Waals surface area contributed by atoms with E-state index in [0.29, 0.717) is 6.10 Å². The minimum Gasteiger partial charge on any atom is -0.374 e. The van der Waals surface area contributed by atoms with Crippen molar-refractivity contribution in [1.29, 1.82) is 0 Å². The number of allylic oxidation sites excluding steroid dienone is 3. The molecule has 1 heterocycles. The van der Waals surface area contributed by atoms with Crippen LogP contribution in [0.2, 0.25) is 0 Å². The molecule has 1 heteroatoms. The molecule has 0 aromatic heterocycles. The summed E-state index contributed by atoms with van der Waals surface area (Å²) in [4.78, 5) is 0. The Balaban J connectivity index is 2.34. The van der Waals surface area contributed by atoms with Crippen molar-refractivity contribution in [3.8, 4) is 0 Å². The van der Waals surface area contributed by atoms with E-state index in [4.69, 9.17) is 4.74 Å². The van der Waals surface area contributed by atoms with Crippen molar-refractivity contribution < 1.29 is 4.74 Å². The molecular formula is C14H24O. The molecule has 1 fully saturated rings. The lowest BCUT2D eigenvalue weighted by molar-refractivity contribution is 0.145. The van der Waals surface area contributed by atoms with E-state index in [1.165, 1.54) is 42.4 Å². The Morgan fingerprint density at radius 1 is 1.20 bits per heavy atom. The van der Waals surface area contributed by atoms with Gasteiger partial charge in [-0.15, -0.1) is 0 Å². The number of rotatable bonds is 4. The SMILES string of the molecule is CC(=CC1CCCO1)CCC(C)=C(C)C. The molecule has 0 N–H and O–H groups in total. The molecule has 1 rings (SSSR count). The molecule has 0 radical (unpaired) electrons. The third-order valence-corrected chi connectivity index (χ3v) is 3.18. The number of hydrogen-bond acceptors (Lipinski definition) is 1. The van der Waals surface area contributed by atoms with Crippen LogP contribution in [0, 0.1) is 0 Å². The molecule has 1 saturated heterocycles. The molecule has 1 atom stereocenters. The number of hydrogen-bond donors (Lipinski definition) is 0. The molecule has 0 aliphatic carbocycles. The van der Waals surface area contributed by atoms with Gasteiger partial charge in [-0.2, -0.15) is 0 Å². The van der Waals surface area contributed by atoms with Crippen molar-refractivity contribution in [2.45, 2.75) is 59.5 Å². The van der Waals surface area contributed by atoms with Crippen LogP contribution in [0.4, 0.5) is 0 Å². The summed E-state index contributed by atoms with van der Waals surface area (Å²) in [5.74, 6) is 0. The molecule has 0 aromatic carbocycles. The first-order valence-electron chi connectivity index (χ1n) is 6.01. The van der Waals surface area contributed by atoms with Crippen LogP contribution in [0.15, 0.2) is 22.8 Å². The van der Waals surface area contributed by atoms with Gasteiger partial charge in [0.15, 0.2) is 0 Å². The van der Waals surface area contributed by atoms with E-state index in [-0.39, 0.29) is 0 Å². The smallest absolute Gasteiger partial charge is 0.0759 e. The van der Waals surface area contributed by atoms with Crippen molar-refractivity contribution in [2.24, 2.45) is 0 Å². The summed E-state index contributed by atoms with van der Waals surface area (Å²) in [6.45, 7) is 9.78. The van der Waals surface area contributed by atoms with Crippen molar-refractivity contribution in [2.75, 3.05) is 6.61 Å². The standard InChI is InChI=1S/C14H24O/c1-11(2)13(4)8-7-12(3)10-14-6-5-9-15-14/h10,14H,5-9H2,1-4H3. The first kappa shape index (κ1) is 12.5. The van der Waals surface area contributed by atoms with Crippen LogP contribution in [-0.2, 0) is 4.74 Å². The van der Waals surface area contributed by atoms with Gasteiger partial charge in [0, 0.05) is 6.61 Å². The fourth-order valence-electron chi connectivity index (χ4n) is 1.77. The lowest BCUT2D eigenvalue weighted by Gasteiger charge is -2.07. The molecule has 1 nitrogen and oxygen atoms in total. The monoisotopic (exact) mass is 208 g/mol. The van der Waals surface area contributed by atoms with Crippen molar-refractivity contribution in [1.82, 2.24) is 0 Å². The minimum atomic E-state index is 0.400. The summed E-state index contributed by atoms with van der Waals surface area (Å²) >= 11 is 0. The van der Waals surface area contributed by atoms with Gasteiger partial charge < -0.3 is 4.74 Å². The second kappa shape index (κ2) is 6.12. The van der Waals surface area contributed by atoms with E-state index in [1.807, 2.05) is 0 Å². The van der Waals surface area contributed by atoms with Gasteiger partial charge in [-0.05, 0) is 53.4 Å². The molecule has 86 valence electrons. The fraction of sp³-hybridized carbons (Fsp3) is 0.714. The van der Waals surface area contributed by atoms with E-state index in [2.05, 4.69) is 33.8 Å². The summed E-state index contributed by atoms with van der Waals surface area (Å²) < 4.78 is 5.59. The molecule has 0 saturated carbocycles. The Morgan fingerprint density at radius 2 is 1.93 bits per heavy atom. The van der Waals surface area contributed by atoms with Crippen LogP contribution in [-0.4, -0.2) is 12.7 Å². The highest BCUT2D eigenvalue weighted by Gasteiger charge is 2.12. The van der Waals surface area contributed by atoms with Gasteiger partial charge in [0.2, 0.25) is 0 Å². The molecule has 1 unspecified atom stereocenters. The highest BCUT2D eigenvalue weighted by Crippen LogP contribution is 2.19. The minimum absolute atomic E-state index is 0.400. The predicted octanol–water partition coefficient (Wildman–Crippen LogP) is 4.25. The molecule has 1 aliphatic rings. The highest BCUT2D eigenvalue weighted by molar-refractivity contribution is 5.11. The van der Waals surface area contributed by atoms with E-state index < -0.39 is 0 Å². The van der Waals surface area contributed by atoms with Crippen LogP contribution in [0.25, 0.3) is 0 Å². The molecule has 1 aliphatic heterocycles. The Labute approximate surface area is 94.2 Å². The summed E-state index contributed by atoms with van der Waals surface area (Å²) in [5, 5.41) is 0. The lowest BCUT2D eigenvalue weighted by atomic mass is 10.0. The third-order valence-electron chi connectivity index (χ3n) is 3.18. The first-order valence-corrected chi connectivity index (χ1v) is 6.01. The van der Waals surface area contributed by atoms with E-state index in [9.17, 15) is 0 Å². The largest absolute Gasteiger partial charge is 0.374 e. The van der Waals surface area contributed by atoms with Crippen LogP contribution in [0.5, 0.6) is 0 Å². The van der Waals surface area contributed by atoms with Crippen molar-refractivity contribution in [3.63, 3.8) is 0 Å². The maximum atomic E-state index is 5.59. The van der Waals surface area contributed by atoms with Gasteiger partial charge in [0.1, 0.15) is 0 Å². The normalized spacial score (nSPS) is 21.9. The fourth-order valence-corrected chi connectivity index (χ4v) is 1.77.